The Morgan fingerprint density at radius 3 is 1.02 bits per heavy atom. The highest BCUT2D eigenvalue weighted by Gasteiger charge is 2.49. The molecule has 0 saturated heterocycles. The summed E-state index contributed by atoms with van der Waals surface area (Å²) in [7, 11) is 0. The van der Waals surface area contributed by atoms with Crippen LogP contribution in [0.25, 0.3) is 33.6 Å². The van der Waals surface area contributed by atoms with E-state index in [9.17, 15) is 9.59 Å². The maximum Gasteiger partial charge on any atom is 0.261 e. The summed E-state index contributed by atoms with van der Waals surface area (Å²) in [5.41, 5.74) is 11.5. The monoisotopic (exact) mass is 692 g/mol. The zero-order valence-electron chi connectivity index (χ0n) is 32.2. The molecule has 52 heavy (non-hydrogen) atoms. The number of hydrogen-bond acceptors (Lipinski definition) is 2. The average molecular weight is 693 g/mol. The number of rotatable bonds is 16. The standard InChI is InChI=1S/C48H56N2O2/c1-7-11-13-35(9-3)31-49-45(41-27-23-39(24-28-41)37-19-15-33(5)16-20-37)43-44(47(49)51)46(50(48(43)52)32-36(10-4)14-12-8-2)42-29-25-40(26-30-42)38-21-17-34(6)18-22-38/h15-30,35-36H,7-14,31-32H2,1-6H3. The summed E-state index contributed by atoms with van der Waals surface area (Å²) in [5.74, 6) is 0.621. The quantitative estimate of drug-likeness (QED) is 0.117. The number of benzene rings is 4. The summed E-state index contributed by atoms with van der Waals surface area (Å²) in [5, 5.41) is 0. The Balaban J connectivity index is 1.50. The van der Waals surface area contributed by atoms with Crippen LogP contribution in [-0.4, -0.2) is 34.7 Å². The molecule has 2 heterocycles. The average Bonchev–Trinajstić information content (AvgIpc) is 3.61. The van der Waals surface area contributed by atoms with E-state index in [-0.39, 0.29) is 11.8 Å². The van der Waals surface area contributed by atoms with E-state index in [1.165, 1.54) is 11.1 Å². The van der Waals surface area contributed by atoms with E-state index in [4.69, 9.17) is 0 Å². The van der Waals surface area contributed by atoms with E-state index in [0.29, 0.717) is 36.1 Å². The van der Waals surface area contributed by atoms with Gasteiger partial charge >= 0.3 is 0 Å². The van der Waals surface area contributed by atoms with Crippen LogP contribution >= 0.6 is 0 Å². The van der Waals surface area contributed by atoms with Gasteiger partial charge in [0.1, 0.15) is 0 Å². The second kappa shape index (κ2) is 16.8. The van der Waals surface area contributed by atoms with Crippen molar-refractivity contribution in [1.82, 2.24) is 9.80 Å². The third-order valence-corrected chi connectivity index (χ3v) is 11.2. The summed E-state index contributed by atoms with van der Waals surface area (Å²) in [6, 6.07) is 34.1. The first-order valence-electron chi connectivity index (χ1n) is 19.7. The highest BCUT2D eigenvalue weighted by molar-refractivity contribution is 6.30. The summed E-state index contributed by atoms with van der Waals surface area (Å²) in [4.78, 5) is 33.9. The van der Waals surface area contributed by atoms with Gasteiger partial charge in [0.2, 0.25) is 0 Å². The maximum absolute atomic E-state index is 15.0. The largest absolute Gasteiger partial charge is 0.307 e. The Kier molecular flexibility index (Phi) is 11.9. The van der Waals surface area contributed by atoms with Crippen LogP contribution in [-0.2, 0) is 9.59 Å². The van der Waals surface area contributed by atoms with Gasteiger partial charge in [-0.25, -0.2) is 0 Å². The van der Waals surface area contributed by atoms with E-state index >= 15 is 0 Å². The van der Waals surface area contributed by atoms with E-state index in [2.05, 4.69) is 139 Å². The molecule has 4 heteroatoms. The maximum atomic E-state index is 15.0. The molecular formula is C48H56N2O2. The Morgan fingerprint density at radius 1 is 0.442 bits per heavy atom. The first-order chi connectivity index (χ1) is 25.3. The summed E-state index contributed by atoms with van der Waals surface area (Å²) in [6.07, 6.45) is 8.60. The molecular weight excluding hydrogens is 637 g/mol. The van der Waals surface area contributed by atoms with Crippen LogP contribution in [0.3, 0.4) is 0 Å². The lowest BCUT2D eigenvalue weighted by molar-refractivity contribution is -0.124. The predicted molar refractivity (Wildman–Crippen MR) is 217 cm³/mol. The van der Waals surface area contributed by atoms with Crippen LogP contribution in [0.1, 0.15) is 101 Å². The molecule has 4 nitrogen and oxygen atoms in total. The number of carbonyl (C=O) groups is 2. The van der Waals surface area contributed by atoms with E-state index < -0.39 is 0 Å². The minimum atomic E-state index is -0.0439. The molecule has 0 saturated carbocycles. The molecule has 4 aromatic rings. The fraction of sp³-hybridized carbons (Fsp3) is 0.375. The first kappa shape index (κ1) is 37.1. The molecule has 0 fully saturated rings. The van der Waals surface area contributed by atoms with Crippen LogP contribution < -0.4 is 0 Å². The Labute approximate surface area is 312 Å². The SMILES string of the molecule is CCCCC(CC)CN1C(=O)C2=C(c3ccc(-c4ccc(C)cc4)cc3)N(CC(CC)CCCC)C(=O)C2=C1c1ccc(-c2ccc(C)cc2)cc1. The predicted octanol–water partition coefficient (Wildman–Crippen LogP) is 11.9. The van der Waals surface area contributed by atoms with Gasteiger partial charge in [-0.3, -0.25) is 9.59 Å². The lowest BCUT2D eigenvalue weighted by atomic mass is 9.97. The van der Waals surface area contributed by atoms with Crippen molar-refractivity contribution in [2.24, 2.45) is 11.8 Å². The van der Waals surface area contributed by atoms with Crippen LogP contribution in [0.15, 0.2) is 108 Å². The van der Waals surface area contributed by atoms with Crippen molar-refractivity contribution in [2.45, 2.75) is 92.9 Å². The van der Waals surface area contributed by atoms with Crippen LogP contribution in [0.4, 0.5) is 0 Å². The van der Waals surface area contributed by atoms with Crippen molar-refractivity contribution in [3.8, 4) is 22.3 Å². The van der Waals surface area contributed by atoms with Gasteiger partial charge < -0.3 is 9.80 Å². The molecule has 2 amide bonds. The second-order valence-electron chi connectivity index (χ2n) is 15.0. The van der Waals surface area contributed by atoms with Crippen molar-refractivity contribution in [2.75, 3.05) is 13.1 Å². The van der Waals surface area contributed by atoms with E-state index in [0.717, 1.165) is 96.1 Å². The fourth-order valence-corrected chi connectivity index (χ4v) is 7.83. The van der Waals surface area contributed by atoms with Gasteiger partial charge in [0.25, 0.3) is 11.8 Å². The van der Waals surface area contributed by atoms with Gasteiger partial charge in [0, 0.05) is 13.1 Å². The van der Waals surface area contributed by atoms with Gasteiger partial charge in [-0.15, -0.1) is 0 Å². The van der Waals surface area contributed by atoms with Crippen LogP contribution in [0.5, 0.6) is 0 Å². The van der Waals surface area contributed by atoms with Crippen molar-refractivity contribution in [1.29, 1.82) is 0 Å². The minimum Gasteiger partial charge on any atom is -0.307 e. The third kappa shape index (κ3) is 7.72. The van der Waals surface area contributed by atoms with Crippen molar-refractivity contribution < 1.29 is 9.59 Å². The highest BCUT2D eigenvalue weighted by Crippen LogP contribution is 2.48. The minimum absolute atomic E-state index is 0.0439. The summed E-state index contributed by atoms with van der Waals surface area (Å²) in [6.45, 7) is 14.3. The molecule has 2 unspecified atom stereocenters. The van der Waals surface area contributed by atoms with Crippen molar-refractivity contribution >= 4 is 23.2 Å². The lowest BCUT2D eigenvalue weighted by Crippen LogP contribution is -2.34. The molecule has 0 aliphatic carbocycles. The van der Waals surface area contributed by atoms with Gasteiger partial charge in [-0.2, -0.15) is 0 Å². The smallest absolute Gasteiger partial charge is 0.261 e. The van der Waals surface area contributed by atoms with Gasteiger partial charge in [-0.1, -0.05) is 174 Å². The molecule has 270 valence electrons. The van der Waals surface area contributed by atoms with Crippen LogP contribution in [0, 0.1) is 25.7 Å². The molecule has 4 aromatic carbocycles. The zero-order chi connectivity index (χ0) is 36.8. The molecule has 2 aliphatic heterocycles. The molecule has 2 aliphatic rings. The van der Waals surface area contributed by atoms with E-state index in [1.807, 2.05) is 9.80 Å². The second-order valence-corrected chi connectivity index (χ2v) is 15.0. The van der Waals surface area contributed by atoms with Gasteiger partial charge in [-0.05, 0) is 71.9 Å². The number of carbonyl (C=O) groups excluding carboxylic acids is 2. The molecule has 2 atom stereocenters. The molecule has 0 aromatic heterocycles. The molecule has 0 bridgehead atoms. The number of aryl methyl sites for hydroxylation is 2. The number of fused-ring (bicyclic) bond motifs is 1. The normalized spacial score (nSPS) is 15.6. The molecule has 0 radical (unpaired) electrons. The topological polar surface area (TPSA) is 40.6 Å². The summed E-state index contributed by atoms with van der Waals surface area (Å²) >= 11 is 0. The number of unbranched alkanes of at least 4 members (excludes halogenated alkanes) is 2. The Hall–Kier alpha value is -4.70. The first-order valence-corrected chi connectivity index (χ1v) is 19.7. The number of amides is 2. The van der Waals surface area contributed by atoms with E-state index in [1.54, 1.807) is 0 Å². The lowest BCUT2D eigenvalue weighted by Gasteiger charge is -2.29. The summed E-state index contributed by atoms with van der Waals surface area (Å²) < 4.78 is 0. The Bertz CT molecular complexity index is 1770. The number of nitrogens with zero attached hydrogens (tertiary/aromatic N) is 2. The van der Waals surface area contributed by atoms with Crippen LogP contribution in [0.2, 0.25) is 0 Å². The number of hydrogen-bond donors (Lipinski definition) is 0. The van der Waals surface area contributed by atoms with Gasteiger partial charge in [0.15, 0.2) is 0 Å². The van der Waals surface area contributed by atoms with Crippen molar-refractivity contribution in [3.05, 3.63) is 130 Å². The van der Waals surface area contributed by atoms with Gasteiger partial charge in [0.05, 0.1) is 22.5 Å². The third-order valence-electron chi connectivity index (χ3n) is 11.2. The molecule has 0 N–H and O–H groups in total. The highest BCUT2D eigenvalue weighted by atomic mass is 16.2. The zero-order valence-corrected chi connectivity index (χ0v) is 32.2. The van der Waals surface area contributed by atoms with Crippen molar-refractivity contribution in [3.63, 3.8) is 0 Å². The fourth-order valence-electron chi connectivity index (χ4n) is 7.83. The Morgan fingerprint density at radius 2 is 0.731 bits per heavy atom. The molecule has 0 spiro atoms. The molecule has 6 rings (SSSR count).